The molecule has 5 N–H and O–H groups in total. The van der Waals surface area contributed by atoms with E-state index in [2.05, 4.69) is 11.1 Å². The summed E-state index contributed by atoms with van der Waals surface area (Å²) >= 11 is 8.19. The van der Waals surface area contributed by atoms with Crippen LogP contribution in [0.4, 0.5) is 0 Å². The van der Waals surface area contributed by atoms with Crippen LogP contribution in [-0.4, -0.2) is 97.8 Å². The molecule has 0 spiro atoms. The number of thioether (sulfide) groups is 1. The van der Waals surface area contributed by atoms with Gasteiger partial charge in [0.05, 0.1) is 24.9 Å². The molecule has 4 unspecified atom stereocenters. The highest BCUT2D eigenvalue weighted by Gasteiger charge is 2.48. The average molecular weight is 687 g/mol. The van der Waals surface area contributed by atoms with Gasteiger partial charge in [-0.2, -0.15) is 0 Å². The van der Waals surface area contributed by atoms with Crippen LogP contribution >= 0.6 is 23.4 Å². The molecule has 5 rings (SSSR count). The number of rotatable bonds is 18. The number of pyridine rings is 1. The maximum absolute atomic E-state index is 12.6. The van der Waals surface area contributed by atoms with Gasteiger partial charge >= 0.3 is 0 Å². The molecule has 2 aliphatic carbocycles. The van der Waals surface area contributed by atoms with Crippen molar-refractivity contribution in [1.29, 1.82) is 0 Å². The third-order valence-electron chi connectivity index (χ3n) is 8.55. The number of carbonyl (C=O) groups excluding carboxylic acids is 1. The first-order valence-electron chi connectivity index (χ1n) is 15.9. The second-order valence-electron chi connectivity index (χ2n) is 12.3. The zero-order valence-electron chi connectivity index (χ0n) is 26.4. The Morgan fingerprint density at radius 3 is 2.53 bits per heavy atom. The normalized spacial score (nSPS) is 17.9. The quantitative estimate of drug-likeness (QED) is 0.0984. The van der Waals surface area contributed by atoms with Crippen molar-refractivity contribution in [2.45, 2.75) is 86.1 Å². The van der Waals surface area contributed by atoms with E-state index < -0.39 is 36.6 Å². The number of ether oxygens (including phenoxy) is 2. The van der Waals surface area contributed by atoms with Gasteiger partial charge in [-0.25, -0.2) is 0 Å². The molecular weight excluding hydrogens is 644 g/mol. The number of para-hydroxylation sites is 1. The summed E-state index contributed by atoms with van der Waals surface area (Å²) in [6, 6.07) is 16.0. The highest BCUT2D eigenvalue weighted by atomic mass is 35.5. The third-order valence-corrected chi connectivity index (χ3v) is 10.00. The van der Waals surface area contributed by atoms with Crippen molar-refractivity contribution in [1.82, 2.24) is 9.88 Å². The van der Waals surface area contributed by atoms with Crippen LogP contribution in [0.5, 0.6) is 5.75 Å². The number of aromatic nitrogens is 1. The fraction of sp³-hybridized carbons (Fsp3) is 0.486. The van der Waals surface area contributed by atoms with Crippen LogP contribution in [0.25, 0.3) is 11.1 Å². The van der Waals surface area contributed by atoms with Gasteiger partial charge in [-0.3, -0.25) is 9.78 Å². The molecule has 10 nitrogen and oxygen atoms in total. The Bertz CT molecular complexity index is 1500. The maximum atomic E-state index is 12.6. The second kappa shape index (κ2) is 16.1. The minimum atomic E-state index is -1.73. The number of nitrogens with zero attached hydrogens (tertiary/aromatic N) is 2. The Balaban J connectivity index is 1.13. The first-order valence-corrected chi connectivity index (χ1v) is 17.3. The predicted molar refractivity (Wildman–Crippen MR) is 179 cm³/mol. The number of hydrogen-bond donors (Lipinski definition) is 5. The van der Waals surface area contributed by atoms with Gasteiger partial charge in [0.15, 0.2) is 0 Å². The van der Waals surface area contributed by atoms with Crippen molar-refractivity contribution in [2.24, 2.45) is 0 Å². The van der Waals surface area contributed by atoms with E-state index >= 15 is 0 Å². The molecule has 4 atom stereocenters. The molecule has 0 aliphatic heterocycles. The second-order valence-corrected chi connectivity index (χ2v) is 13.9. The van der Waals surface area contributed by atoms with Crippen molar-refractivity contribution in [3.05, 3.63) is 77.1 Å². The van der Waals surface area contributed by atoms with E-state index in [0.717, 1.165) is 58.6 Å². The predicted octanol–water partition coefficient (Wildman–Crippen LogP) is 3.92. The van der Waals surface area contributed by atoms with Crippen molar-refractivity contribution < 1.29 is 39.8 Å². The summed E-state index contributed by atoms with van der Waals surface area (Å²) in [5.41, 5.74) is 3.58. The van der Waals surface area contributed by atoms with Gasteiger partial charge in [0.1, 0.15) is 30.2 Å². The zero-order valence-corrected chi connectivity index (χ0v) is 27.9. The van der Waals surface area contributed by atoms with E-state index in [0.29, 0.717) is 23.8 Å². The Labute approximate surface area is 284 Å². The lowest BCUT2D eigenvalue weighted by atomic mass is 9.96. The van der Waals surface area contributed by atoms with E-state index in [4.69, 9.17) is 26.2 Å². The van der Waals surface area contributed by atoms with Crippen molar-refractivity contribution >= 4 is 29.3 Å². The maximum Gasteiger partial charge on any atom is 0.222 e. The van der Waals surface area contributed by atoms with Gasteiger partial charge in [0, 0.05) is 53.5 Å². The molecule has 12 heteroatoms. The van der Waals surface area contributed by atoms with Gasteiger partial charge in [0.2, 0.25) is 5.91 Å². The van der Waals surface area contributed by atoms with Gasteiger partial charge < -0.3 is 39.9 Å². The summed E-state index contributed by atoms with van der Waals surface area (Å²) in [5.74, 6) is 1.32. The van der Waals surface area contributed by atoms with E-state index in [9.17, 15) is 25.2 Å². The average Bonchev–Trinajstić information content (AvgIpc) is 4.03. The first-order chi connectivity index (χ1) is 22.6. The van der Waals surface area contributed by atoms with Gasteiger partial charge in [-0.1, -0.05) is 29.8 Å². The van der Waals surface area contributed by atoms with Crippen LogP contribution in [0.3, 0.4) is 0 Å². The fourth-order valence-electron chi connectivity index (χ4n) is 5.38. The van der Waals surface area contributed by atoms with Crippen LogP contribution in [-0.2, 0) is 21.7 Å². The third kappa shape index (κ3) is 9.24. The molecule has 0 saturated heterocycles. The minimum Gasteiger partial charge on any atom is -0.490 e. The number of aliphatic hydroxyl groups excluding tert-OH is 5. The molecular formula is C35H43ClN2O8S. The first kappa shape index (κ1) is 35.6. The molecule has 254 valence electrons. The largest absolute Gasteiger partial charge is 0.490 e. The van der Waals surface area contributed by atoms with Crippen LogP contribution in [0.1, 0.15) is 49.7 Å². The molecule has 1 heterocycles. The minimum absolute atomic E-state index is 0.225. The van der Waals surface area contributed by atoms with Crippen LogP contribution < -0.4 is 4.74 Å². The topological polar surface area (TPSA) is 153 Å². The number of benzene rings is 2. The van der Waals surface area contributed by atoms with Gasteiger partial charge in [0.25, 0.3) is 0 Å². The Hall–Kier alpha value is -2.74. The number of hydrogen-bond acceptors (Lipinski definition) is 10. The lowest BCUT2D eigenvalue weighted by Gasteiger charge is -2.28. The highest BCUT2D eigenvalue weighted by molar-refractivity contribution is 7.99. The fourth-order valence-corrected chi connectivity index (χ4v) is 6.47. The monoisotopic (exact) mass is 686 g/mol. The molecule has 1 aromatic heterocycles. The smallest absolute Gasteiger partial charge is 0.222 e. The summed E-state index contributed by atoms with van der Waals surface area (Å²) in [4.78, 5) is 19.3. The van der Waals surface area contributed by atoms with Crippen LogP contribution in [0, 0.1) is 0 Å². The van der Waals surface area contributed by atoms with E-state index in [-0.39, 0.29) is 25.0 Å². The molecule has 3 aromatic rings. The molecule has 0 radical (unpaired) electrons. The summed E-state index contributed by atoms with van der Waals surface area (Å²) < 4.78 is 12.8. The van der Waals surface area contributed by atoms with Crippen molar-refractivity contribution in [2.75, 3.05) is 26.0 Å². The number of aliphatic hydroxyl groups is 5. The molecule has 2 aliphatic rings. The number of likely N-dealkylation sites (N-methyl/N-ethyl adjacent to an activating group) is 1. The zero-order chi connectivity index (χ0) is 33.6. The van der Waals surface area contributed by atoms with Gasteiger partial charge in [-0.05, 0) is 79.3 Å². The standard InChI is InChI=1S/C35H43ClN2O8S/c1-38(19-29(40)33(43)34(44)30(41)20-39)32(42)7-4-16-47-24-10-11-28(36)22(17-24)21-45-35(13-14-35)27-18-37-15-12-25(27)26-5-2-3-6-31(26)46-23-8-9-23/h2-3,5-6,10-12,15,17-18,23,29-30,33-34,39-41,43-44H,4,7-9,13-14,16,19-21H2,1H3. The van der Waals surface area contributed by atoms with Crippen LogP contribution in [0.2, 0.25) is 5.02 Å². The molecule has 1 amide bonds. The summed E-state index contributed by atoms with van der Waals surface area (Å²) in [6.45, 7) is -0.659. The Morgan fingerprint density at radius 2 is 1.81 bits per heavy atom. The van der Waals surface area contributed by atoms with Crippen molar-refractivity contribution in [3.8, 4) is 16.9 Å². The van der Waals surface area contributed by atoms with Gasteiger partial charge in [-0.15, -0.1) is 11.8 Å². The van der Waals surface area contributed by atoms with E-state index in [1.165, 1.54) is 11.9 Å². The number of carbonyl (C=O) groups is 1. The van der Waals surface area contributed by atoms with Crippen molar-refractivity contribution in [3.63, 3.8) is 0 Å². The molecule has 2 fully saturated rings. The molecule has 0 bridgehead atoms. The summed E-state index contributed by atoms with van der Waals surface area (Å²) in [6.07, 6.45) is 2.20. The lowest BCUT2D eigenvalue weighted by Crippen LogP contribution is -2.49. The molecule has 2 saturated carbocycles. The highest BCUT2D eigenvalue weighted by Crippen LogP contribution is 2.53. The Kier molecular flexibility index (Phi) is 12.2. The Morgan fingerprint density at radius 1 is 1.06 bits per heavy atom. The van der Waals surface area contributed by atoms with Crippen LogP contribution in [0.15, 0.2) is 65.8 Å². The molecule has 47 heavy (non-hydrogen) atoms. The number of halogens is 1. The summed E-state index contributed by atoms with van der Waals surface area (Å²) in [5, 5.41) is 49.0. The summed E-state index contributed by atoms with van der Waals surface area (Å²) in [7, 11) is 1.49. The lowest BCUT2D eigenvalue weighted by molar-refractivity contribution is -0.138. The SMILES string of the molecule is CN(CC(O)C(O)C(O)C(O)CO)C(=O)CCCSc1ccc(Cl)c(COC2(c3cnccc3-c3ccccc3OC3CC3)CC2)c1. The van der Waals surface area contributed by atoms with E-state index in [1.807, 2.05) is 48.7 Å². The number of amides is 1. The molecule has 2 aromatic carbocycles. The van der Waals surface area contributed by atoms with E-state index in [1.54, 1.807) is 18.0 Å².